The summed E-state index contributed by atoms with van der Waals surface area (Å²) >= 11 is 0. The average molecular weight is 565 g/mol. The highest BCUT2D eigenvalue weighted by Crippen LogP contribution is 2.30. The van der Waals surface area contributed by atoms with Gasteiger partial charge in [0.2, 0.25) is 0 Å². The molecule has 0 amide bonds. The molecule has 0 fully saturated rings. The molecule has 4 aromatic carbocycles. The molecular formula is C34H32N2O6. The number of rotatable bonds is 12. The van der Waals surface area contributed by atoms with Crippen molar-refractivity contribution in [3.8, 4) is 11.5 Å². The first-order chi connectivity index (χ1) is 20.4. The fourth-order valence-electron chi connectivity index (χ4n) is 4.89. The third-order valence-electron chi connectivity index (χ3n) is 7.13. The lowest BCUT2D eigenvalue weighted by atomic mass is 10.1. The van der Waals surface area contributed by atoms with E-state index in [1.807, 2.05) is 48.5 Å². The van der Waals surface area contributed by atoms with Crippen molar-refractivity contribution in [1.29, 1.82) is 0 Å². The quantitative estimate of drug-likeness (QED) is 0.121. The highest BCUT2D eigenvalue weighted by Gasteiger charge is 2.19. The average Bonchev–Trinajstić information content (AvgIpc) is 3.00. The zero-order chi connectivity index (χ0) is 29.5. The number of nitrogens with zero attached hydrogens (tertiary/aromatic N) is 2. The molecule has 0 spiro atoms. The fraction of sp³-hybridized carbons (Fsp3) is 0.206. The van der Waals surface area contributed by atoms with E-state index < -0.39 is 4.92 Å². The Bertz CT molecular complexity index is 1710. The van der Waals surface area contributed by atoms with E-state index in [0.717, 1.165) is 28.9 Å². The van der Waals surface area contributed by atoms with Gasteiger partial charge >= 0.3 is 0 Å². The second-order valence-corrected chi connectivity index (χ2v) is 10.1. The summed E-state index contributed by atoms with van der Waals surface area (Å²) in [6.45, 7) is 3.76. The minimum atomic E-state index is -0.399. The maximum Gasteiger partial charge on any atom is 0.269 e. The largest absolute Gasteiger partial charge is 0.497 e. The summed E-state index contributed by atoms with van der Waals surface area (Å²) in [5.74, 6) is 1.91. The molecule has 0 saturated heterocycles. The van der Waals surface area contributed by atoms with Crippen LogP contribution in [0.4, 0.5) is 5.69 Å². The summed E-state index contributed by atoms with van der Waals surface area (Å²) in [6.07, 6.45) is 0.795. The Balaban J connectivity index is 1.49. The molecule has 0 aliphatic carbocycles. The molecule has 0 saturated carbocycles. The van der Waals surface area contributed by atoms with Crippen LogP contribution in [0, 0.1) is 17.0 Å². The normalized spacial score (nSPS) is 11.1. The van der Waals surface area contributed by atoms with E-state index >= 15 is 0 Å². The Kier molecular flexibility index (Phi) is 8.94. The monoisotopic (exact) mass is 564 g/mol. The lowest BCUT2D eigenvalue weighted by molar-refractivity contribution is -0.384. The summed E-state index contributed by atoms with van der Waals surface area (Å²) in [6, 6.07) is 29.6. The topological polar surface area (TPSA) is 95.1 Å². The third kappa shape index (κ3) is 7.03. The van der Waals surface area contributed by atoms with E-state index in [9.17, 15) is 14.9 Å². The minimum Gasteiger partial charge on any atom is -0.497 e. The van der Waals surface area contributed by atoms with Gasteiger partial charge in [0.15, 0.2) is 5.43 Å². The van der Waals surface area contributed by atoms with Crippen LogP contribution in [-0.4, -0.2) is 23.5 Å². The Labute approximate surface area is 243 Å². The molecule has 0 radical (unpaired) electrons. The minimum absolute atomic E-state index is 0.0510. The van der Waals surface area contributed by atoms with Crippen LogP contribution in [0.2, 0.25) is 0 Å². The number of nitro benzene ring substituents is 1. The van der Waals surface area contributed by atoms with Crippen molar-refractivity contribution >= 4 is 16.7 Å². The van der Waals surface area contributed by atoms with Crippen LogP contribution in [-0.2, 0) is 26.1 Å². The number of benzene rings is 4. The van der Waals surface area contributed by atoms with Crippen LogP contribution in [0.3, 0.4) is 0 Å². The van der Waals surface area contributed by atoms with Crippen LogP contribution in [0.25, 0.3) is 11.0 Å². The first-order valence-corrected chi connectivity index (χ1v) is 13.7. The number of non-ortho nitro benzene ring substituents is 1. The molecule has 5 rings (SSSR count). The lowest BCUT2D eigenvalue weighted by Crippen LogP contribution is -2.26. The molecule has 0 unspecified atom stereocenters. The predicted molar refractivity (Wildman–Crippen MR) is 162 cm³/mol. The SMILES string of the molecule is COc1ccc(COc2ccc3c(=O)cc(C)oc3c2CN(CCc2ccccc2)Cc2ccc([N+](=O)[O-])cc2)cc1. The smallest absolute Gasteiger partial charge is 0.269 e. The molecule has 0 N–H and O–H groups in total. The standard InChI is InChI=1S/C34H32N2O6/c1-24-20-32(37)30-16-17-33(41-23-27-10-14-29(40-2)15-11-27)31(34(30)42-24)22-35(19-18-25-6-4-3-5-7-25)21-26-8-12-28(13-9-26)36(38)39/h3-17,20H,18-19,21-23H2,1-2H3. The van der Waals surface area contributed by atoms with E-state index in [0.29, 0.717) is 48.7 Å². The van der Waals surface area contributed by atoms with Crippen LogP contribution < -0.4 is 14.9 Å². The highest BCUT2D eigenvalue weighted by atomic mass is 16.6. The second-order valence-electron chi connectivity index (χ2n) is 10.1. The molecular weight excluding hydrogens is 532 g/mol. The van der Waals surface area contributed by atoms with Crippen molar-refractivity contribution < 1.29 is 18.8 Å². The van der Waals surface area contributed by atoms with Crippen LogP contribution in [0.1, 0.15) is 28.0 Å². The van der Waals surface area contributed by atoms with Gasteiger partial charge in [0.1, 0.15) is 29.4 Å². The first-order valence-electron chi connectivity index (χ1n) is 13.7. The lowest BCUT2D eigenvalue weighted by Gasteiger charge is -2.24. The van der Waals surface area contributed by atoms with E-state index in [1.165, 1.54) is 23.8 Å². The van der Waals surface area contributed by atoms with E-state index in [1.54, 1.807) is 32.2 Å². The molecule has 0 atom stereocenters. The molecule has 42 heavy (non-hydrogen) atoms. The fourth-order valence-corrected chi connectivity index (χ4v) is 4.89. The Morgan fingerprint density at radius 2 is 1.57 bits per heavy atom. The molecule has 8 heteroatoms. The number of fused-ring (bicyclic) bond motifs is 1. The van der Waals surface area contributed by atoms with Gasteiger partial charge in [-0.05, 0) is 54.3 Å². The van der Waals surface area contributed by atoms with E-state index in [-0.39, 0.29) is 11.1 Å². The number of aryl methyl sites for hydroxylation is 1. The predicted octanol–water partition coefficient (Wildman–Crippen LogP) is 6.84. The van der Waals surface area contributed by atoms with Crippen molar-refractivity contribution in [2.24, 2.45) is 0 Å². The van der Waals surface area contributed by atoms with Gasteiger partial charge in [-0.1, -0.05) is 54.6 Å². The van der Waals surface area contributed by atoms with Gasteiger partial charge in [0, 0.05) is 37.8 Å². The Morgan fingerprint density at radius 3 is 2.26 bits per heavy atom. The van der Waals surface area contributed by atoms with Gasteiger partial charge in [-0.25, -0.2) is 0 Å². The second kappa shape index (κ2) is 13.1. The van der Waals surface area contributed by atoms with Crippen LogP contribution in [0.15, 0.2) is 106 Å². The van der Waals surface area contributed by atoms with Crippen molar-refractivity contribution in [1.82, 2.24) is 4.90 Å². The van der Waals surface area contributed by atoms with Crippen molar-refractivity contribution in [3.05, 3.63) is 145 Å². The summed E-state index contributed by atoms with van der Waals surface area (Å²) in [5, 5.41) is 11.7. The van der Waals surface area contributed by atoms with Gasteiger partial charge in [-0.15, -0.1) is 0 Å². The van der Waals surface area contributed by atoms with Crippen LogP contribution in [0.5, 0.6) is 11.5 Å². The maximum absolute atomic E-state index is 12.9. The number of hydrogen-bond acceptors (Lipinski definition) is 7. The van der Waals surface area contributed by atoms with Crippen molar-refractivity contribution in [3.63, 3.8) is 0 Å². The van der Waals surface area contributed by atoms with E-state index in [4.69, 9.17) is 13.9 Å². The molecule has 5 aromatic rings. The number of nitro groups is 1. The summed E-state index contributed by atoms with van der Waals surface area (Å²) in [4.78, 5) is 25.9. The number of methoxy groups -OCH3 is 1. The summed E-state index contributed by atoms with van der Waals surface area (Å²) in [5.41, 5.74) is 4.32. The zero-order valence-electron chi connectivity index (χ0n) is 23.6. The highest BCUT2D eigenvalue weighted by molar-refractivity contribution is 5.82. The van der Waals surface area contributed by atoms with Crippen molar-refractivity contribution in [2.45, 2.75) is 33.0 Å². The van der Waals surface area contributed by atoms with Crippen molar-refractivity contribution in [2.75, 3.05) is 13.7 Å². The number of hydrogen-bond donors (Lipinski definition) is 0. The summed E-state index contributed by atoms with van der Waals surface area (Å²) < 4.78 is 17.8. The molecule has 0 aliphatic rings. The van der Waals surface area contributed by atoms with Gasteiger partial charge in [-0.3, -0.25) is 19.8 Å². The first kappa shape index (κ1) is 28.6. The maximum atomic E-state index is 12.9. The Hall–Kier alpha value is -4.95. The van der Waals surface area contributed by atoms with Gasteiger partial charge in [0.25, 0.3) is 5.69 Å². The summed E-state index contributed by atoms with van der Waals surface area (Å²) in [7, 11) is 1.63. The van der Waals surface area contributed by atoms with Gasteiger partial charge in [-0.2, -0.15) is 0 Å². The van der Waals surface area contributed by atoms with Crippen LogP contribution >= 0.6 is 0 Å². The molecule has 0 bridgehead atoms. The zero-order valence-corrected chi connectivity index (χ0v) is 23.6. The Morgan fingerprint density at radius 1 is 0.857 bits per heavy atom. The third-order valence-corrected chi connectivity index (χ3v) is 7.13. The molecule has 0 aliphatic heterocycles. The van der Waals surface area contributed by atoms with Gasteiger partial charge in [0.05, 0.1) is 23.0 Å². The molecule has 1 heterocycles. The molecule has 8 nitrogen and oxygen atoms in total. The molecule has 214 valence electrons. The number of ether oxygens (including phenoxy) is 2. The molecule has 1 aromatic heterocycles. The van der Waals surface area contributed by atoms with Gasteiger partial charge < -0.3 is 13.9 Å². The van der Waals surface area contributed by atoms with E-state index in [2.05, 4.69) is 17.0 Å².